The highest BCUT2D eigenvalue weighted by Gasteiger charge is 2.43. The van der Waals surface area contributed by atoms with E-state index < -0.39 is 18.1 Å². The van der Waals surface area contributed by atoms with Crippen molar-refractivity contribution in [2.24, 2.45) is 5.92 Å². The Bertz CT molecular complexity index is 1280. The minimum Gasteiger partial charge on any atom is -0.391 e. The highest BCUT2D eigenvalue weighted by molar-refractivity contribution is 7.10. The molecule has 2 fully saturated rings. The lowest BCUT2D eigenvalue weighted by molar-refractivity contribution is -0.141. The Balaban J connectivity index is 1.27. The second-order valence-corrected chi connectivity index (χ2v) is 12.2. The largest absolute Gasteiger partial charge is 0.391 e. The highest BCUT2D eigenvalue weighted by atomic mass is 32.1. The summed E-state index contributed by atoms with van der Waals surface area (Å²) in [5, 5.41) is 21.2. The Morgan fingerprint density at radius 3 is 2.62 bits per heavy atom. The average molecular weight is 569 g/mol. The quantitative estimate of drug-likeness (QED) is 0.444. The fourth-order valence-electron chi connectivity index (χ4n) is 5.90. The van der Waals surface area contributed by atoms with Gasteiger partial charge in [0, 0.05) is 51.3 Å². The molecule has 3 aliphatic rings. The van der Waals surface area contributed by atoms with Gasteiger partial charge in [0.1, 0.15) is 12.0 Å². The number of anilines is 1. The summed E-state index contributed by atoms with van der Waals surface area (Å²) in [5.41, 5.74) is 5.32. The second-order valence-electron chi connectivity index (χ2n) is 11.4. The van der Waals surface area contributed by atoms with Crippen molar-refractivity contribution < 1.29 is 19.2 Å². The maximum atomic E-state index is 13.9. The van der Waals surface area contributed by atoms with E-state index in [9.17, 15) is 14.7 Å². The number of aromatic nitrogens is 2. The average Bonchev–Trinajstić information content (AvgIpc) is 3.69. The highest BCUT2D eigenvalue weighted by Crippen LogP contribution is 2.34. The molecule has 216 valence electrons. The molecule has 11 heteroatoms. The number of rotatable bonds is 8. The fraction of sp³-hybridized carbons (Fsp3) is 0.586. The summed E-state index contributed by atoms with van der Waals surface area (Å²) in [6.45, 7) is 11.4. The van der Waals surface area contributed by atoms with Crippen LogP contribution in [0.3, 0.4) is 0 Å². The number of carbonyl (C=O) groups is 2. The molecule has 40 heavy (non-hydrogen) atoms. The predicted molar refractivity (Wildman–Crippen MR) is 155 cm³/mol. The normalized spacial score (nSPS) is 23.1. The molecule has 2 aliphatic heterocycles. The first kappa shape index (κ1) is 28.5. The van der Waals surface area contributed by atoms with Crippen molar-refractivity contribution in [2.75, 3.05) is 37.6 Å². The van der Waals surface area contributed by atoms with E-state index in [2.05, 4.69) is 37.8 Å². The standard InChI is InChI=1S/C29H40N6O4S/c1-17(2)26(24-14-25(33-39-24)34-11-9-30-10-12-34)29(38)35-15-22(36)13-23(35)28(37)32-18(3)20-5-7-21(8-6-20)27-19(4)31-16-40-27/h5,7,14,16-18,22-23,26,30,36H,6,8-13,15H2,1-4H3,(H,32,37). The zero-order valence-corrected chi connectivity index (χ0v) is 24.5. The van der Waals surface area contributed by atoms with Gasteiger partial charge in [-0.2, -0.15) is 0 Å². The van der Waals surface area contributed by atoms with Gasteiger partial charge in [0.15, 0.2) is 11.6 Å². The number of aliphatic hydroxyl groups is 1. The first-order chi connectivity index (χ1) is 19.2. The molecule has 0 spiro atoms. The molecule has 4 atom stereocenters. The van der Waals surface area contributed by atoms with Crippen LogP contribution in [0.15, 0.2) is 33.8 Å². The number of nitrogens with zero attached hydrogens (tertiary/aromatic N) is 4. The van der Waals surface area contributed by atoms with Crippen molar-refractivity contribution in [3.05, 3.63) is 45.6 Å². The third kappa shape index (κ3) is 6.01. The van der Waals surface area contributed by atoms with Crippen LogP contribution in [0.5, 0.6) is 0 Å². The molecular weight excluding hydrogens is 528 g/mol. The topological polar surface area (TPSA) is 124 Å². The molecule has 2 saturated heterocycles. The first-order valence-electron chi connectivity index (χ1n) is 14.2. The van der Waals surface area contributed by atoms with Crippen LogP contribution < -0.4 is 15.5 Å². The van der Waals surface area contributed by atoms with E-state index in [1.807, 2.05) is 39.3 Å². The number of aliphatic hydroxyl groups excluding tert-OH is 1. The predicted octanol–water partition coefficient (Wildman–Crippen LogP) is 2.86. The number of piperazine rings is 1. The lowest BCUT2D eigenvalue weighted by Gasteiger charge is -2.30. The van der Waals surface area contributed by atoms with Crippen LogP contribution >= 0.6 is 11.3 Å². The third-order valence-corrected chi connectivity index (χ3v) is 9.20. The summed E-state index contributed by atoms with van der Waals surface area (Å²) in [6, 6.07) is 0.930. The van der Waals surface area contributed by atoms with E-state index in [4.69, 9.17) is 4.52 Å². The Labute approximate surface area is 239 Å². The van der Waals surface area contributed by atoms with Crippen molar-refractivity contribution in [1.29, 1.82) is 0 Å². The number of allylic oxidation sites excluding steroid dienone is 3. The number of amides is 2. The van der Waals surface area contributed by atoms with Gasteiger partial charge in [-0.05, 0) is 43.8 Å². The summed E-state index contributed by atoms with van der Waals surface area (Å²) in [6.07, 6.45) is 5.41. The second kappa shape index (κ2) is 12.2. The van der Waals surface area contributed by atoms with Gasteiger partial charge in [0.05, 0.1) is 22.2 Å². The van der Waals surface area contributed by atoms with E-state index in [-0.39, 0.29) is 36.7 Å². The van der Waals surface area contributed by atoms with Gasteiger partial charge in [-0.3, -0.25) is 9.59 Å². The van der Waals surface area contributed by atoms with Crippen molar-refractivity contribution >= 4 is 34.5 Å². The third-order valence-electron chi connectivity index (χ3n) is 8.19. The van der Waals surface area contributed by atoms with Crippen molar-refractivity contribution in [1.82, 2.24) is 25.7 Å². The Hall–Kier alpha value is -3.02. The van der Waals surface area contributed by atoms with Crippen LogP contribution in [0, 0.1) is 12.8 Å². The summed E-state index contributed by atoms with van der Waals surface area (Å²) in [4.78, 5) is 36.6. The van der Waals surface area contributed by atoms with E-state index in [0.29, 0.717) is 5.76 Å². The van der Waals surface area contributed by atoms with Gasteiger partial charge in [0.2, 0.25) is 11.8 Å². The van der Waals surface area contributed by atoms with Crippen molar-refractivity contribution in [2.45, 2.75) is 71.1 Å². The zero-order valence-electron chi connectivity index (χ0n) is 23.7. The van der Waals surface area contributed by atoms with E-state index in [1.165, 1.54) is 15.4 Å². The van der Waals surface area contributed by atoms with Crippen LogP contribution in [0.4, 0.5) is 5.82 Å². The van der Waals surface area contributed by atoms with E-state index in [0.717, 1.165) is 56.1 Å². The molecule has 2 aromatic heterocycles. The maximum Gasteiger partial charge on any atom is 0.243 e. The molecule has 1 aliphatic carbocycles. The SMILES string of the molecule is Cc1ncsc1C1=CC=C(C(C)NC(=O)C2CC(O)CN2C(=O)C(c2cc(N3CCNCC3)no2)C(C)C)CC1. The molecule has 0 saturated carbocycles. The minimum absolute atomic E-state index is 0.0766. The molecule has 0 aromatic carbocycles. The summed E-state index contributed by atoms with van der Waals surface area (Å²) in [5.74, 6) is 0.0885. The molecule has 5 rings (SSSR count). The van der Waals surface area contributed by atoms with Crippen LogP contribution in [0.2, 0.25) is 0 Å². The number of likely N-dealkylation sites (tertiary alicyclic amines) is 1. The number of nitrogens with one attached hydrogen (secondary N) is 2. The Morgan fingerprint density at radius 1 is 1.20 bits per heavy atom. The van der Waals surface area contributed by atoms with Crippen LogP contribution in [0.1, 0.15) is 62.3 Å². The van der Waals surface area contributed by atoms with Gasteiger partial charge < -0.3 is 30.1 Å². The molecule has 0 radical (unpaired) electrons. The van der Waals surface area contributed by atoms with Crippen molar-refractivity contribution in [3.63, 3.8) is 0 Å². The summed E-state index contributed by atoms with van der Waals surface area (Å²) >= 11 is 1.65. The number of aryl methyl sites for hydroxylation is 1. The summed E-state index contributed by atoms with van der Waals surface area (Å²) < 4.78 is 5.69. The van der Waals surface area contributed by atoms with Crippen LogP contribution in [0.25, 0.3) is 5.57 Å². The number of thiazole rings is 1. The fourth-order valence-corrected chi connectivity index (χ4v) is 6.77. The molecule has 3 N–H and O–H groups in total. The first-order valence-corrected chi connectivity index (χ1v) is 15.1. The molecule has 2 amide bonds. The number of carbonyl (C=O) groups excluding carboxylic acids is 2. The Morgan fingerprint density at radius 2 is 1.98 bits per heavy atom. The van der Waals surface area contributed by atoms with E-state index >= 15 is 0 Å². The van der Waals surface area contributed by atoms with Crippen LogP contribution in [-0.2, 0) is 9.59 Å². The molecule has 4 heterocycles. The molecule has 2 aromatic rings. The Kier molecular flexibility index (Phi) is 8.72. The molecular formula is C29H40N6O4S. The monoisotopic (exact) mass is 568 g/mol. The van der Waals surface area contributed by atoms with Gasteiger partial charge in [-0.25, -0.2) is 4.98 Å². The number of hydrogen-bond acceptors (Lipinski definition) is 9. The van der Waals surface area contributed by atoms with Gasteiger partial charge in [-0.15, -0.1) is 11.3 Å². The number of β-amino-alcohol motifs (C(OH)–C–C–N with tert-alkyl or cyclic N) is 1. The van der Waals surface area contributed by atoms with E-state index in [1.54, 1.807) is 11.3 Å². The van der Waals surface area contributed by atoms with Gasteiger partial charge in [0.25, 0.3) is 0 Å². The lowest BCUT2D eigenvalue weighted by Crippen LogP contribution is -2.50. The van der Waals surface area contributed by atoms with Crippen molar-refractivity contribution in [3.8, 4) is 0 Å². The number of hydrogen-bond donors (Lipinski definition) is 3. The molecule has 10 nitrogen and oxygen atoms in total. The van der Waals surface area contributed by atoms with Crippen LogP contribution in [-0.4, -0.2) is 82.9 Å². The maximum absolute atomic E-state index is 13.9. The smallest absolute Gasteiger partial charge is 0.243 e. The lowest BCUT2D eigenvalue weighted by atomic mass is 9.91. The molecule has 4 unspecified atom stereocenters. The minimum atomic E-state index is -0.754. The van der Waals surface area contributed by atoms with Gasteiger partial charge in [-0.1, -0.05) is 31.2 Å². The zero-order chi connectivity index (χ0) is 28.4. The molecule has 0 bridgehead atoms. The summed E-state index contributed by atoms with van der Waals surface area (Å²) in [7, 11) is 0. The van der Waals surface area contributed by atoms with Gasteiger partial charge >= 0.3 is 0 Å².